The number of hydrogen-bond acceptors (Lipinski definition) is 2. The van der Waals surface area contributed by atoms with Crippen molar-refractivity contribution in [3.8, 4) is 0 Å². The summed E-state index contributed by atoms with van der Waals surface area (Å²) in [5.41, 5.74) is 9.58. The Morgan fingerprint density at radius 3 is 3.07 bits per heavy atom. The molecule has 1 aromatic carbocycles. The number of allylic oxidation sites excluding steroid dienone is 1. The quantitative estimate of drug-likeness (QED) is 0.567. The second-order valence-corrected chi connectivity index (χ2v) is 3.60. The minimum atomic E-state index is 0.203. The molecular weight excluding hydrogens is 174 g/mol. The highest BCUT2D eigenvalue weighted by Crippen LogP contribution is 2.29. The Morgan fingerprint density at radius 1 is 1.43 bits per heavy atom. The van der Waals surface area contributed by atoms with Crippen LogP contribution in [0.4, 0.5) is 0 Å². The molecule has 1 aromatic rings. The van der Waals surface area contributed by atoms with Crippen LogP contribution < -0.4 is 5.73 Å². The Morgan fingerprint density at radius 2 is 2.29 bits per heavy atom. The molecule has 2 N–H and O–H groups in total. The molecule has 0 fully saturated rings. The number of rotatable bonds is 2. The Kier molecular flexibility index (Phi) is 2.46. The fourth-order valence-corrected chi connectivity index (χ4v) is 1.92. The molecule has 0 radical (unpaired) electrons. The zero-order valence-corrected chi connectivity index (χ0v) is 7.94. The summed E-state index contributed by atoms with van der Waals surface area (Å²) in [6, 6.07) is 6.39. The molecule has 1 aliphatic carbocycles. The number of nitrogens with two attached hydrogens (primary N) is 1. The third kappa shape index (κ3) is 1.61. The first-order valence-electron chi connectivity index (χ1n) is 4.81. The molecule has 0 bridgehead atoms. The zero-order chi connectivity index (χ0) is 9.97. The highest BCUT2D eigenvalue weighted by Gasteiger charge is 2.18. The molecular formula is C12H13NO. The van der Waals surface area contributed by atoms with Crippen LogP contribution in [0.1, 0.15) is 29.2 Å². The predicted octanol–water partition coefficient (Wildman–Crippen LogP) is 1.84. The Labute approximate surface area is 83.4 Å². The summed E-state index contributed by atoms with van der Waals surface area (Å²) in [4.78, 5) is 10.2. The van der Waals surface area contributed by atoms with Crippen LogP contribution in [0.3, 0.4) is 0 Å². The van der Waals surface area contributed by atoms with Crippen LogP contribution >= 0.6 is 0 Å². The van der Waals surface area contributed by atoms with E-state index in [1.807, 2.05) is 12.1 Å². The second kappa shape index (κ2) is 3.76. The van der Waals surface area contributed by atoms with Crippen molar-refractivity contribution in [2.24, 2.45) is 5.73 Å². The summed E-state index contributed by atoms with van der Waals surface area (Å²) in [7, 11) is 0. The molecule has 72 valence electrons. The van der Waals surface area contributed by atoms with Crippen molar-refractivity contribution in [2.45, 2.75) is 18.9 Å². The SMILES string of the molecule is NC1CCc2cc(/C=C/C=O)ccc21. The lowest BCUT2D eigenvalue weighted by molar-refractivity contribution is -0.104. The zero-order valence-electron chi connectivity index (χ0n) is 7.94. The van der Waals surface area contributed by atoms with Gasteiger partial charge < -0.3 is 5.73 Å². The fraction of sp³-hybridized carbons (Fsp3) is 0.250. The van der Waals surface area contributed by atoms with Gasteiger partial charge in [-0.05, 0) is 35.6 Å². The first kappa shape index (κ1) is 9.16. The van der Waals surface area contributed by atoms with Crippen LogP contribution in [-0.2, 0) is 11.2 Å². The Hall–Kier alpha value is -1.41. The van der Waals surface area contributed by atoms with Crippen molar-refractivity contribution in [1.29, 1.82) is 0 Å². The van der Waals surface area contributed by atoms with E-state index in [1.165, 1.54) is 17.2 Å². The fourth-order valence-electron chi connectivity index (χ4n) is 1.92. The molecule has 1 aliphatic rings. The maximum absolute atomic E-state index is 10.2. The van der Waals surface area contributed by atoms with Gasteiger partial charge >= 0.3 is 0 Å². The van der Waals surface area contributed by atoms with Gasteiger partial charge in [-0.1, -0.05) is 24.3 Å². The summed E-state index contributed by atoms with van der Waals surface area (Å²) in [5, 5.41) is 0. The number of aryl methyl sites for hydroxylation is 1. The van der Waals surface area contributed by atoms with Crippen LogP contribution in [0.15, 0.2) is 24.3 Å². The Balaban J connectivity index is 2.32. The van der Waals surface area contributed by atoms with Gasteiger partial charge in [-0.25, -0.2) is 0 Å². The van der Waals surface area contributed by atoms with Gasteiger partial charge in [0.15, 0.2) is 0 Å². The lowest BCUT2D eigenvalue weighted by Crippen LogP contribution is -2.04. The van der Waals surface area contributed by atoms with Gasteiger partial charge in [-0.15, -0.1) is 0 Å². The molecule has 0 saturated carbocycles. The van der Waals surface area contributed by atoms with E-state index in [0.29, 0.717) is 0 Å². The van der Waals surface area contributed by atoms with Crippen molar-refractivity contribution in [2.75, 3.05) is 0 Å². The summed E-state index contributed by atoms with van der Waals surface area (Å²) in [6.45, 7) is 0. The first-order chi connectivity index (χ1) is 6.81. The van der Waals surface area contributed by atoms with Crippen LogP contribution in [0.25, 0.3) is 6.08 Å². The van der Waals surface area contributed by atoms with Crippen LogP contribution in [0.5, 0.6) is 0 Å². The van der Waals surface area contributed by atoms with E-state index in [9.17, 15) is 4.79 Å². The number of hydrogen-bond donors (Lipinski definition) is 1. The lowest BCUT2D eigenvalue weighted by atomic mass is 10.0. The molecule has 0 heterocycles. The molecule has 0 amide bonds. The van der Waals surface area contributed by atoms with Crippen molar-refractivity contribution in [1.82, 2.24) is 0 Å². The van der Waals surface area contributed by atoms with Gasteiger partial charge in [-0.2, -0.15) is 0 Å². The highest BCUT2D eigenvalue weighted by atomic mass is 16.1. The molecule has 2 rings (SSSR count). The Bertz CT molecular complexity index is 382. The second-order valence-electron chi connectivity index (χ2n) is 3.60. The van der Waals surface area contributed by atoms with E-state index in [-0.39, 0.29) is 6.04 Å². The molecule has 0 spiro atoms. The smallest absolute Gasteiger partial charge is 0.142 e. The van der Waals surface area contributed by atoms with Crippen molar-refractivity contribution in [3.63, 3.8) is 0 Å². The number of aldehydes is 1. The van der Waals surface area contributed by atoms with Crippen LogP contribution in [0.2, 0.25) is 0 Å². The summed E-state index contributed by atoms with van der Waals surface area (Å²) < 4.78 is 0. The molecule has 14 heavy (non-hydrogen) atoms. The molecule has 2 heteroatoms. The number of carbonyl (C=O) groups excluding carboxylic acids is 1. The first-order valence-corrected chi connectivity index (χ1v) is 4.81. The standard InChI is InChI=1S/C12H13NO/c13-12-6-4-10-8-9(2-1-7-14)3-5-11(10)12/h1-3,5,7-8,12H,4,6,13H2/b2-1+. The highest BCUT2D eigenvalue weighted by molar-refractivity contribution is 5.74. The third-order valence-corrected chi connectivity index (χ3v) is 2.66. The molecule has 1 unspecified atom stereocenters. The number of benzene rings is 1. The molecule has 0 aromatic heterocycles. The van der Waals surface area contributed by atoms with Crippen molar-refractivity contribution >= 4 is 12.4 Å². The lowest BCUT2D eigenvalue weighted by Gasteiger charge is -2.04. The molecule has 0 aliphatic heterocycles. The topological polar surface area (TPSA) is 43.1 Å². The van der Waals surface area contributed by atoms with E-state index in [2.05, 4.69) is 12.1 Å². The summed E-state index contributed by atoms with van der Waals surface area (Å²) in [6.07, 6.45) is 6.21. The average molecular weight is 187 g/mol. The van der Waals surface area contributed by atoms with Gasteiger partial charge in [0.1, 0.15) is 6.29 Å². The van der Waals surface area contributed by atoms with Gasteiger partial charge in [0.25, 0.3) is 0 Å². The van der Waals surface area contributed by atoms with E-state index < -0.39 is 0 Å². The maximum atomic E-state index is 10.2. The normalized spacial score (nSPS) is 19.9. The van der Waals surface area contributed by atoms with Gasteiger partial charge in [0, 0.05) is 6.04 Å². The third-order valence-electron chi connectivity index (χ3n) is 2.66. The van der Waals surface area contributed by atoms with E-state index in [1.54, 1.807) is 0 Å². The number of carbonyl (C=O) groups is 1. The maximum Gasteiger partial charge on any atom is 0.142 e. The minimum absolute atomic E-state index is 0.203. The molecule has 2 nitrogen and oxygen atoms in total. The van der Waals surface area contributed by atoms with Gasteiger partial charge in [0.2, 0.25) is 0 Å². The largest absolute Gasteiger partial charge is 0.324 e. The molecule has 1 atom stereocenters. The summed E-state index contributed by atoms with van der Waals surface area (Å²) >= 11 is 0. The van der Waals surface area contributed by atoms with Gasteiger partial charge in [0.05, 0.1) is 0 Å². The monoisotopic (exact) mass is 187 g/mol. The average Bonchev–Trinajstić information content (AvgIpc) is 2.57. The van der Waals surface area contributed by atoms with E-state index in [0.717, 1.165) is 24.7 Å². The van der Waals surface area contributed by atoms with E-state index >= 15 is 0 Å². The number of fused-ring (bicyclic) bond motifs is 1. The minimum Gasteiger partial charge on any atom is -0.324 e. The van der Waals surface area contributed by atoms with E-state index in [4.69, 9.17) is 5.73 Å². The van der Waals surface area contributed by atoms with Crippen LogP contribution in [0, 0.1) is 0 Å². The molecule has 0 saturated heterocycles. The van der Waals surface area contributed by atoms with Crippen molar-refractivity contribution < 1.29 is 4.79 Å². The van der Waals surface area contributed by atoms with Crippen molar-refractivity contribution in [3.05, 3.63) is 41.0 Å². The predicted molar refractivity (Wildman–Crippen MR) is 56.8 cm³/mol. The van der Waals surface area contributed by atoms with Crippen LogP contribution in [-0.4, -0.2) is 6.29 Å². The van der Waals surface area contributed by atoms with Gasteiger partial charge in [-0.3, -0.25) is 4.79 Å². The summed E-state index contributed by atoms with van der Waals surface area (Å²) in [5.74, 6) is 0.